The molecular formula is C26H35IN6O. The van der Waals surface area contributed by atoms with E-state index in [0.29, 0.717) is 6.54 Å². The lowest BCUT2D eigenvalue weighted by Crippen LogP contribution is -2.46. The first-order chi connectivity index (χ1) is 16.2. The van der Waals surface area contributed by atoms with Crippen LogP contribution in [0.15, 0.2) is 65.7 Å². The summed E-state index contributed by atoms with van der Waals surface area (Å²) in [5.74, 6) is 0.785. The van der Waals surface area contributed by atoms with Crippen LogP contribution in [-0.2, 0) is 11.3 Å². The van der Waals surface area contributed by atoms with Gasteiger partial charge in [0.1, 0.15) is 0 Å². The van der Waals surface area contributed by atoms with Crippen molar-refractivity contribution in [2.45, 2.75) is 26.4 Å². The second-order valence-electron chi connectivity index (χ2n) is 8.35. The van der Waals surface area contributed by atoms with Crippen molar-refractivity contribution in [2.24, 2.45) is 4.99 Å². The Morgan fingerprint density at radius 1 is 1.03 bits per heavy atom. The molecule has 8 heteroatoms. The summed E-state index contributed by atoms with van der Waals surface area (Å²) in [7, 11) is 1.81. The summed E-state index contributed by atoms with van der Waals surface area (Å²) in [5.41, 5.74) is 5.69. The molecule has 2 heterocycles. The van der Waals surface area contributed by atoms with E-state index >= 15 is 0 Å². The Kier molecular flexibility index (Phi) is 9.91. The Morgan fingerprint density at radius 2 is 1.74 bits per heavy atom. The quantitative estimate of drug-likeness (QED) is 0.255. The van der Waals surface area contributed by atoms with E-state index in [4.69, 9.17) is 4.74 Å². The van der Waals surface area contributed by atoms with Crippen molar-refractivity contribution in [3.05, 3.63) is 83.2 Å². The van der Waals surface area contributed by atoms with Gasteiger partial charge >= 0.3 is 0 Å². The van der Waals surface area contributed by atoms with Crippen molar-refractivity contribution in [3.63, 3.8) is 0 Å². The highest BCUT2D eigenvalue weighted by atomic mass is 127. The molecule has 34 heavy (non-hydrogen) atoms. The summed E-state index contributed by atoms with van der Waals surface area (Å²) < 4.78 is 7.58. The molecule has 0 radical (unpaired) electrons. The molecule has 1 aliphatic rings. The summed E-state index contributed by atoms with van der Waals surface area (Å²) >= 11 is 0. The largest absolute Gasteiger partial charge is 0.379 e. The summed E-state index contributed by atoms with van der Waals surface area (Å²) in [6.45, 7) is 8.95. The average Bonchev–Trinajstić information content (AvgIpc) is 3.20. The molecular weight excluding hydrogens is 539 g/mol. The molecule has 0 spiro atoms. The zero-order chi connectivity index (χ0) is 23.0. The van der Waals surface area contributed by atoms with Crippen LogP contribution < -0.4 is 10.6 Å². The summed E-state index contributed by atoms with van der Waals surface area (Å²) in [6.07, 6.45) is 0. The maximum atomic E-state index is 5.57. The highest BCUT2D eigenvalue weighted by Crippen LogP contribution is 2.21. The number of benzene rings is 2. The van der Waals surface area contributed by atoms with Crippen molar-refractivity contribution in [1.82, 2.24) is 25.3 Å². The number of hydrogen-bond acceptors (Lipinski definition) is 4. The molecule has 1 aromatic heterocycles. The molecule has 2 N–H and O–H groups in total. The van der Waals surface area contributed by atoms with Crippen LogP contribution in [0.5, 0.6) is 0 Å². The van der Waals surface area contributed by atoms with Crippen LogP contribution in [0.25, 0.3) is 5.69 Å². The average molecular weight is 575 g/mol. The Hall–Kier alpha value is -2.43. The summed E-state index contributed by atoms with van der Waals surface area (Å²) in [6, 6.07) is 21.4. The number of aryl methyl sites for hydroxylation is 2. The number of morpholine rings is 1. The zero-order valence-corrected chi connectivity index (χ0v) is 22.5. The van der Waals surface area contributed by atoms with Gasteiger partial charge in [0.15, 0.2) is 5.96 Å². The number of aromatic nitrogens is 2. The fourth-order valence-electron chi connectivity index (χ4n) is 4.35. The molecule has 2 aromatic carbocycles. The Morgan fingerprint density at radius 3 is 2.41 bits per heavy atom. The Labute approximate surface area is 219 Å². The first-order valence-electron chi connectivity index (χ1n) is 11.6. The number of hydrogen-bond donors (Lipinski definition) is 2. The van der Waals surface area contributed by atoms with Crippen LogP contribution in [0.2, 0.25) is 0 Å². The first-order valence-corrected chi connectivity index (χ1v) is 11.6. The number of nitrogens with zero attached hydrogens (tertiary/aromatic N) is 4. The van der Waals surface area contributed by atoms with Gasteiger partial charge in [-0.1, -0.05) is 48.5 Å². The van der Waals surface area contributed by atoms with Gasteiger partial charge in [0.05, 0.1) is 30.6 Å². The van der Waals surface area contributed by atoms with Gasteiger partial charge in [0.25, 0.3) is 0 Å². The predicted molar refractivity (Wildman–Crippen MR) is 148 cm³/mol. The molecule has 0 saturated carbocycles. The van der Waals surface area contributed by atoms with E-state index in [2.05, 4.69) is 93.2 Å². The zero-order valence-electron chi connectivity index (χ0n) is 20.2. The SMILES string of the molecule is CN=C(NCc1ccccc1-n1nc(C)cc1C)NCC(c1ccccc1)N1CCOCC1.I. The molecule has 0 aliphatic carbocycles. The van der Waals surface area contributed by atoms with Crippen molar-refractivity contribution in [2.75, 3.05) is 39.9 Å². The van der Waals surface area contributed by atoms with Gasteiger partial charge in [0, 0.05) is 38.9 Å². The number of aliphatic imine (C=N–C) groups is 1. The number of halogens is 1. The summed E-state index contributed by atoms with van der Waals surface area (Å²) in [4.78, 5) is 6.95. The third-order valence-corrected chi connectivity index (χ3v) is 6.03. The normalized spacial score (nSPS) is 15.4. The van der Waals surface area contributed by atoms with Crippen LogP contribution in [0, 0.1) is 13.8 Å². The van der Waals surface area contributed by atoms with Crippen molar-refractivity contribution in [3.8, 4) is 5.69 Å². The fourth-order valence-corrected chi connectivity index (χ4v) is 4.35. The van der Waals surface area contributed by atoms with E-state index in [9.17, 15) is 0 Å². The Bertz CT molecular complexity index is 1060. The van der Waals surface area contributed by atoms with Crippen LogP contribution in [0.4, 0.5) is 0 Å². The second-order valence-corrected chi connectivity index (χ2v) is 8.35. The highest BCUT2D eigenvalue weighted by molar-refractivity contribution is 14.0. The third-order valence-electron chi connectivity index (χ3n) is 6.03. The van der Waals surface area contributed by atoms with Crippen LogP contribution >= 0.6 is 24.0 Å². The van der Waals surface area contributed by atoms with E-state index < -0.39 is 0 Å². The smallest absolute Gasteiger partial charge is 0.191 e. The second kappa shape index (κ2) is 12.9. The lowest BCUT2D eigenvalue weighted by Gasteiger charge is -2.35. The van der Waals surface area contributed by atoms with E-state index in [-0.39, 0.29) is 30.0 Å². The number of nitrogens with one attached hydrogen (secondary N) is 2. The maximum Gasteiger partial charge on any atom is 0.191 e. The topological polar surface area (TPSA) is 66.7 Å². The van der Waals surface area contributed by atoms with E-state index in [1.54, 1.807) is 0 Å². The molecule has 1 fully saturated rings. The van der Waals surface area contributed by atoms with Crippen LogP contribution in [-0.4, -0.2) is 60.5 Å². The lowest BCUT2D eigenvalue weighted by atomic mass is 10.0. The van der Waals surface area contributed by atoms with Gasteiger partial charge in [-0.05, 0) is 37.1 Å². The molecule has 1 saturated heterocycles. The molecule has 7 nitrogen and oxygen atoms in total. The molecule has 182 valence electrons. The molecule has 1 atom stereocenters. The maximum absolute atomic E-state index is 5.57. The lowest BCUT2D eigenvalue weighted by molar-refractivity contribution is 0.0170. The van der Waals surface area contributed by atoms with Gasteiger partial charge in [-0.25, -0.2) is 4.68 Å². The predicted octanol–water partition coefficient (Wildman–Crippen LogP) is 3.85. The minimum Gasteiger partial charge on any atom is -0.379 e. The van der Waals surface area contributed by atoms with E-state index in [1.165, 1.54) is 11.1 Å². The van der Waals surface area contributed by atoms with Crippen LogP contribution in [0.3, 0.4) is 0 Å². The van der Waals surface area contributed by atoms with Gasteiger partial charge in [0.2, 0.25) is 0 Å². The van der Waals surface area contributed by atoms with Gasteiger partial charge in [-0.3, -0.25) is 9.89 Å². The Balaban J connectivity index is 0.00000324. The molecule has 0 bridgehead atoms. The number of ether oxygens (including phenoxy) is 1. The number of rotatable bonds is 7. The van der Waals surface area contributed by atoms with Gasteiger partial charge in [-0.15, -0.1) is 24.0 Å². The van der Waals surface area contributed by atoms with E-state index in [0.717, 1.165) is 55.9 Å². The van der Waals surface area contributed by atoms with Crippen molar-refractivity contribution >= 4 is 29.9 Å². The number of para-hydroxylation sites is 1. The number of guanidine groups is 1. The standard InChI is InChI=1S/C26H34N6O.HI/c1-20-17-21(2)32(30-20)24-12-8-7-11-23(24)18-28-26(27-3)29-19-25(22-9-5-4-6-10-22)31-13-15-33-16-14-31;/h4-12,17,25H,13-16,18-19H2,1-3H3,(H2,27,28,29);1H. The summed E-state index contributed by atoms with van der Waals surface area (Å²) in [5, 5.41) is 11.7. The third kappa shape index (κ3) is 6.58. The van der Waals surface area contributed by atoms with Crippen LogP contribution in [0.1, 0.15) is 28.6 Å². The molecule has 4 rings (SSSR count). The molecule has 3 aromatic rings. The molecule has 1 aliphatic heterocycles. The highest BCUT2D eigenvalue weighted by Gasteiger charge is 2.22. The van der Waals surface area contributed by atoms with Gasteiger partial charge < -0.3 is 15.4 Å². The van der Waals surface area contributed by atoms with Crippen molar-refractivity contribution < 1.29 is 4.74 Å². The first kappa shape index (κ1) is 26.2. The molecule has 1 unspecified atom stereocenters. The molecule has 0 amide bonds. The minimum absolute atomic E-state index is 0. The monoisotopic (exact) mass is 574 g/mol. The van der Waals surface area contributed by atoms with Gasteiger partial charge in [-0.2, -0.15) is 5.10 Å². The minimum atomic E-state index is 0. The van der Waals surface area contributed by atoms with Crippen molar-refractivity contribution in [1.29, 1.82) is 0 Å². The fraction of sp³-hybridized carbons (Fsp3) is 0.385. The van der Waals surface area contributed by atoms with E-state index in [1.807, 2.05) is 18.7 Å².